The molecule has 210 valence electrons. The summed E-state index contributed by atoms with van der Waals surface area (Å²) >= 11 is 3.42. The molecule has 4 rings (SSSR count). The van der Waals surface area contributed by atoms with Gasteiger partial charge in [-0.1, -0.05) is 47.3 Å². The van der Waals surface area contributed by atoms with E-state index in [9.17, 15) is 31.1 Å². The van der Waals surface area contributed by atoms with Crippen molar-refractivity contribution in [1.82, 2.24) is 15.1 Å². The Bertz CT molecular complexity index is 1080. The van der Waals surface area contributed by atoms with E-state index in [-0.39, 0.29) is 13.1 Å². The lowest BCUT2D eigenvalue weighted by Crippen LogP contribution is -2.53. The number of nitrogens with one attached hydrogen (secondary N) is 1. The maximum absolute atomic E-state index is 13.4. The molecule has 2 fully saturated rings. The fourth-order valence-electron chi connectivity index (χ4n) is 5.42. The van der Waals surface area contributed by atoms with E-state index >= 15 is 0 Å². The van der Waals surface area contributed by atoms with Gasteiger partial charge < -0.3 is 5.32 Å². The Labute approximate surface area is 228 Å². The second-order valence-electron chi connectivity index (χ2n) is 9.95. The molecule has 0 aromatic heterocycles. The highest BCUT2D eigenvalue weighted by molar-refractivity contribution is 9.10. The third-order valence-corrected chi connectivity index (χ3v) is 7.83. The number of carbonyl (C=O) groups is 1. The number of amides is 1. The minimum Gasteiger partial charge on any atom is -0.350 e. The highest BCUT2D eigenvalue weighted by Crippen LogP contribution is 2.36. The third kappa shape index (κ3) is 7.30. The van der Waals surface area contributed by atoms with E-state index < -0.39 is 42.0 Å². The maximum Gasteiger partial charge on any atom is 0.416 e. The average Bonchev–Trinajstić information content (AvgIpc) is 2.87. The van der Waals surface area contributed by atoms with Crippen LogP contribution in [0.2, 0.25) is 0 Å². The summed E-state index contributed by atoms with van der Waals surface area (Å²) in [6, 6.07) is 8.42. The summed E-state index contributed by atoms with van der Waals surface area (Å²) in [6.45, 7) is 2.39. The van der Waals surface area contributed by atoms with Gasteiger partial charge in [0.15, 0.2) is 0 Å². The van der Waals surface area contributed by atoms with E-state index in [1.54, 1.807) is 12.1 Å². The van der Waals surface area contributed by atoms with Gasteiger partial charge in [0, 0.05) is 44.7 Å². The van der Waals surface area contributed by atoms with E-state index in [4.69, 9.17) is 0 Å². The van der Waals surface area contributed by atoms with Crippen LogP contribution in [-0.4, -0.2) is 47.9 Å². The molecule has 1 aliphatic heterocycles. The molecule has 0 bridgehead atoms. The average molecular weight is 608 g/mol. The van der Waals surface area contributed by atoms with Crippen LogP contribution in [0.5, 0.6) is 0 Å². The van der Waals surface area contributed by atoms with Gasteiger partial charge in [-0.25, -0.2) is 0 Å². The van der Waals surface area contributed by atoms with Crippen LogP contribution in [0.15, 0.2) is 46.9 Å². The van der Waals surface area contributed by atoms with Crippen LogP contribution in [0.1, 0.15) is 61.8 Å². The molecule has 1 atom stereocenters. The van der Waals surface area contributed by atoms with Gasteiger partial charge in [-0.2, -0.15) is 26.3 Å². The van der Waals surface area contributed by atoms with Gasteiger partial charge in [-0.05, 0) is 54.3 Å². The third-order valence-electron chi connectivity index (χ3n) is 7.33. The largest absolute Gasteiger partial charge is 0.416 e. The van der Waals surface area contributed by atoms with Crippen molar-refractivity contribution in [2.75, 3.05) is 26.2 Å². The van der Waals surface area contributed by atoms with Gasteiger partial charge in [0.05, 0.1) is 11.1 Å². The first kappa shape index (κ1) is 28.9. The minimum absolute atomic E-state index is 0. The summed E-state index contributed by atoms with van der Waals surface area (Å²) in [4.78, 5) is 17.9. The summed E-state index contributed by atoms with van der Waals surface area (Å²) in [5.41, 5.74) is -2.38. The Morgan fingerprint density at radius 2 is 1.53 bits per heavy atom. The monoisotopic (exact) mass is 607 g/mol. The summed E-state index contributed by atoms with van der Waals surface area (Å²) in [5, 5.41) is 2.60. The number of benzene rings is 2. The van der Waals surface area contributed by atoms with Crippen molar-refractivity contribution < 1.29 is 32.6 Å². The second kappa shape index (κ2) is 12.0. The molecule has 1 amide bonds. The smallest absolute Gasteiger partial charge is 0.350 e. The lowest BCUT2D eigenvalue weighted by molar-refractivity contribution is -0.143. The van der Waals surface area contributed by atoms with Crippen LogP contribution in [0.3, 0.4) is 0 Å². The number of rotatable bonds is 6. The van der Waals surface area contributed by atoms with E-state index in [0.717, 1.165) is 17.6 Å². The van der Waals surface area contributed by atoms with Crippen LogP contribution >= 0.6 is 15.9 Å². The number of hydrogen-bond donors (Lipinski definition) is 1. The Morgan fingerprint density at radius 3 is 2.08 bits per heavy atom. The van der Waals surface area contributed by atoms with Crippen molar-refractivity contribution in [3.05, 3.63) is 69.2 Å². The lowest BCUT2D eigenvalue weighted by Gasteiger charge is -2.43. The normalized spacial score (nSPS) is 19.3. The van der Waals surface area contributed by atoms with Crippen LogP contribution in [0, 0.1) is 0 Å². The van der Waals surface area contributed by atoms with Gasteiger partial charge in [-0.3, -0.25) is 14.6 Å². The molecule has 1 saturated heterocycles. The standard InChI is InChI=1S/C27H30BrF6N3O.H2/c28-22-6-4-5-19(15-22)24(37-11-9-36(10-12-37)23-7-2-1-3-8-23)25(38)35-17-18-13-20(26(29,30)31)16-21(14-18)27(32,33)34;/h4-6,13-16,23-24H,1-3,7-12,17H2,(H,35,38);1H. The van der Waals surface area contributed by atoms with E-state index in [1.165, 1.54) is 32.1 Å². The van der Waals surface area contributed by atoms with Crippen molar-refractivity contribution in [3.8, 4) is 0 Å². The lowest BCUT2D eigenvalue weighted by atomic mass is 9.93. The molecule has 38 heavy (non-hydrogen) atoms. The maximum atomic E-state index is 13.4. The summed E-state index contributed by atoms with van der Waals surface area (Å²) in [6.07, 6.45) is -3.84. The van der Waals surface area contributed by atoms with Gasteiger partial charge in [0.25, 0.3) is 0 Å². The van der Waals surface area contributed by atoms with Crippen LogP contribution < -0.4 is 5.32 Å². The number of halogens is 7. The molecular formula is C27H32BrF6N3O. The minimum atomic E-state index is -4.95. The Balaban J connectivity index is 0.00000420. The molecule has 2 aromatic rings. The van der Waals surface area contributed by atoms with Crippen LogP contribution in [-0.2, 0) is 23.7 Å². The Hall–Kier alpha value is -2.11. The molecular weight excluding hydrogens is 576 g/mol. The molecule has 2 aromatic carbocycles. The molecule has 2 aliphatic rings. The molecule has 1 N–H and O–H groups in total. The zero-order valence-corrected chi connectivity index (χ0v) is 22.3. The van der Waals surface area contributed by atoms with Crippen molar-refractivity contribution in [2.24, 2.45) is 0 Å². The quantitative estimate of drug-likeness (QED) is 0.358. The molecule has 1 saturated carbocycles. The predicted octanol–water partition coefficient (Wildman–Crippen LogP) is 7.04. The predicted molar refractivity (Wildman–Crippen MR) is 137 cm³/mol. The fourth-order valence-corrected chi connectivity index (χ4v) is 5.84. The molecule has 0 radical (unpaired) electrons. The van der Waals surface area contributed by atoms with Crippen molar-refractivity contribution in [1.29, 1.82) is 0 Å². The molecule has 1 heterocycles. The zero-order valence-electron chi connectivity index (χ0n) is 20.7. The van der Waals surface area contributed by atoms with Crippen LogP contribution in [0.25, 0.3) is 0 Å². The van der Waals surface area contributed by atoms with Gasteiger partial charge >= 0.3 is 12.4 Å². The van der Waals surface area contributed by atoms with Crippen molar-refractivity contribution >= 4 is 21.8 Å². The molecule has 1 unspecified atom stereocenters. The van der Waals surface area contributed by atoms with Gasteiger partial charge in [-0.15, -0.1) is 0 Å². The number of carbonyl (C=O) groups excluding carboxylic acids is 1. The molecule has 0 spiro atoms. The van der Waals surface area contributed by atoms with Crippen molar-refractivity contribution in [3.63, 3.8) is 0 Å². The Kier molecular flexibility index (Phi) is 9.09. The highest BCUT2D eigenvalue weighted by Gasteiger charge is 2.37. The first-order valence-corrected chi connectivity index (χ1v) is 13.5. The second-order valence-corrected chi connectivity index (χ2v) is 10.9. The topological polar surface area (TPSA) is 35.6 Å². The fraction of sp³-hybridized carbons (Fsp3) is 0.519. The van der Waals surface area contributed by atoms with E-state index in [2.05, 4.69) is 26.1 Å². The van der Waals surface area contributed by atoms with E-state index in [0.29, 0.717) is 36.8 Å². The van der Waals surface area contributed by atoms with Crippen molar-refractivity contribution in [2.45, 2.75) is 63.1 Å². The SMILES string of the molecule is O=C(NCc1cc(C(F)(F)F)cc(C(F)(F)F)c1)C(c1cccc(Br)c1)N1CCN(C2CCCCC2)CC1.[HH]. The molecule has 11 heteroatoms. The summed E-state index contributed by atoms with van der Waals surface area (Å²) in [5.74, 6) is -0.472. The van der Waals surface area contributed by atoms with Gasteiger partial charge in [0.2, 0.25) is 5.91 Å². The molecule has 4 nitrogen and oxygen atoms in total. The first-order chi connectivity index (χ1) is 17.9. The van der Waals surface area contributed by atoms with Gasteiger partial charge in [0.1, 0.15) is 6.04 Å². The highest BCUT2D eigenvalue weighted by atomic mass is 79.9. The number of piperazine rings is 1. The first-order valence-electron chi connectivity index (χ1n) is 12.7. The number of nitrogens with zero attached hydrogens (tertiary/aromatic N) is 2. The zero-order chi connectivity index (χ0) is 27.5. The summed E-state index contributed by atoms with van der Waals surface area (Å²) in [7, 11) is 0. The summed E-state index contributed by atoms with van der Waals surface area (Å²) < 4.78 is 80.3. The number of alkyl halides is 6. The van der Waals surface area contributed by atoms with Crippen LogP contribution in [0.4, 0.5) is 26.3 Å². The molecule has 1 aliphatic carbocycles. The number of hydrogen-bond acceptors (Lipinski definition) is 3. The Morgan fingerprint density at radius 1 is 0.921 bits per heavy atom. The van der Waals surface area contributed by atoms with E-state index in [1.807, 2.05) is 17.0 Å².